The third-order valence-electron chi connectivity index (χ3n) is 4.83. The van der Waals surface area contributed by atoms with E-state index in [1.54, 1.807) is 6.33 Å². The first-order chi connectivity index (χ1) is 9.84. The summed E-state index contributed by atoms with van der Waals surface area (Å²) in [5.74, 6) is 1.08. The molecule has 0 atom stereocenters. The van der Waals surface area contributed by atoms with E-state index >= 15 is 0 Å². The van der Waals surface area contributed by atoms with Gasteiger partial charge in [0, 0.05) is 30.4 Å². The predicted octanol–water partition coefficient (Wildman–Crippen LogP) is 2.64. The lowest BCUT2D eigenvalue weighted by molar-refractivity contribution is 0.254. The predicted molar refractivity (Wildman–Crippen MR) is 82.0 cm³/mol. The van der Waals surface area contributed by atoms with E-state index in [4.69, 9.17) is 0 Å². The van der Waals surface area contributed by atoms with Gasteiger partial charge in [0.15, 0.2) is 0 Å². The minimum absolute atomic E-state index is 0.802. The fraction of sp³-hybridized carbons (Fsp3) is 0.750. The van der Waals surface area contributed by atoms with Crippen molar-refractivity contribution in [2.45, 2.75) is 57.4 Å². The number of rotatable bonds is 5. The Hall–Kier alpha value is -1.16. The molecule has 3 rings (SSSR count). The molecule has 0 saturated heterocycles. The number of anilines is 1. The Morgan fingerprint density at radius 2 is 1.95 bits per heavy atom. The standard InChI is InChI=1S/C16H26N4/c1-20(13-6-2-3-7-13)11-10-17-16-14-8-4-5-9-15(14)18-12-19-16/h12-13H,2-11H2,1H3,(H,17,18,19). The number of nitrogens with one attached hydrogen (secondary N) is 1. The van der Waals surface area contributed by atoms with Gasteiger partial charge in [-0.25, -0.2) is 9.97 Å². The summed E-state index contributed by atoms with van der Waals surface area (Å²) in [4.78, 5) is 11.4. The molecule has 1 saturated carbocycles. The lowest BCUT2D eigenvalue weighted by Gasteiger charge is -2.24. The molecule has 0 amide bonds. The lowest BCUT2D eigenvalue weighted by atomic mass is 9.96. The first-order valence-electron chi connectivity index (χ1n) is 8.11. The number of aromatic nitrogens is 2. The highest BCUT2D eigenvalue weighted by molar-refractivity contribution is 5.46. The summed E-state index contributed by atoms with van der Waals surface area (Å²) in [7, 11) is 2.26. The summed E-state index contributed by atoms with van der Waals surface area (Å²) in [6.07, 6.45) is 12.1. The molecular weight excluding hydrogens is 248 g/mol. The van der Waals surface area contributed by atoms with Crippen LogP contribution in [-0.4, -0.2) is 41.0 Å². The van der Waals surface area contributed by atoms with Crippen LogP contribution in [0.4, 0.5) is 5.82 Å². The number of hydrogen-bond donors (Lipinski definition) is 1. The molecule has 20 heavy (non-hydrogen) atoms. The normalized spacial score (nSPS) is 19.3. The average Bonchev–Trinajstić information content (AvgIpc) is 3.02. The largest absolute Gasteiger partial charge is 0.368 e. The zero-order chi connectivity index (χ0) is 13.8. The SMILES string of the molecule is CN(CCNc1ncnc2c1CCCC2)C1CCCC1. The van der Waals surface area contributed by atoms with Gasteiger partial charge in [0.2, 0.25) is 0 Å². The van der Waals surface area contributed by atoms with Gasteiger partial charge in [-0.05, 0) is 45.6 Å². The van der Waals surface area contributed by atoms with E-state index in [9.17, 15) is 0 Å². The van der Waals surface area contributed by atoms with E-state index in [0.717, 1.165) is 37.8 Å². The first kappa shape index (κ1) is 13.8. The van der Waals surface area contributed by atoms with Crippen LogP contribution < -0.4 is 5.32 Å². The Kier molecular flexibility index (Phi) is 4.51. The van der Waals surface area contributed by atoms with Gasteiger partial charge < -0.3 is 10.2 Å². The molecule has 2 aliphatic carbocycles. The van der Waals surface area contributed by atoms with E-state index in [2.05, 4.69) is 27.2 Å². The number of aryl methyl sites for hydroxylation is 1. The van der Waals surface area contributed by atoms with E-state index in [1.807, 2.05) is 0 Å². The monoisotopic (exact) mass is 274 g/mol. The van der Waals surface area contributed by atoms with E-state index in [1.165, 1.54) is 49.8 Å². The molecule has 4 heteroatoms. The van der Waals surface area contributed by atoms with Crippen LogP contribution in [0.2, 0.25) is 0 Å². The van der Waals surface area contributed by atoms with Crippen LogP contribution in [0.25, 0.3) is 0 Å². The minimum Gasteiger partial charge on any atom is -0.368 e. The second-order valence-corrected chi connectivity index (χ2v) is 6.20. The van der Waals surface area contributed by atoms with Crippen molar-refractivity contribution in [3.05, 3.63) is 17.6 Å². The van der Waals surface area contributed by atoms with E-state index in [0.29, 0.717) is 0 Å². The Morgan fingerprint density at radius 1 is 1.15 bits per heavy atom. The Bertz CT molecular complexity index is 440. The topological polar surface area (TPSA) is 41.0 Å². The zero-order valence-corrected chi connectivity index (χ0v) is 12.6. The second-order valence-electron chi connectivity index (χ2n) is 6.20. The summed E-state index contributed by atoms with van der Waals surface area (Å²) in [6, 6.07) is 0.802. The molecule has 2 aliphatic rings. The van der Waals surface area contributed by atoms with Crippen LogP contribution in [0.15, 0.2) is 6.33 Å². The van der Waals surface area contributed by atoms with E-state index < -0.39 is 0 Å². The molecule has 0 radical (unpaired) electrons. The summed E-state index contributed by atoms with van der Waals surface area (Å²) >= 11 is 0. The van der Waals surface area contributed by atoms with Crippen LogP contribution in [0, 0.1) is 0 Å². The van der Waals surface area contributed by atoms with Crippen LogP contribution in [0.3, 0.4) is 0 Å². The van der Waals surface area contributed by atoms with E-state index in [-0.39, 0.29) is 0 Å². The maximum Gasteiger partial charge on any atom is 0.132 e. The van der Waals surface area contributed by atoms with Crippen LogP contribution >= 0.6 is 0 Å². The zero-order valence-electron chi connectivity index (χ0n) is 12.6. The third-order valence-corrected chi connectivity index (χ3v) is 4.83. The second kappa shape index (κ2) is 6.53. The maximum atomic E-state index is 4.45. The van der Waals surface area contributed by atoms with Gasteiger partial charge in [-0.15, -0.1) is 0 Å². The number of likely N-dealkylation sites (N-methyl/N-ethyl adjacent to an activating group) is 1. The van der Waals surface area contributed by atoms with Gasteiger partial charge in [0.05, 0.1) is 0 Å². The molecule has 4 nitrogen and oxygen atoms in total. The number of hydrogen-bond acceptors (Lipinski definition) is 4. The Labute approximate surface area is 122 Å². The molecule has 0 spiro atoms. The molecule has 0 unspecified atom stereocenters. The van der Waals surface area contributed by atoms with Crippen molar-refractivity contribution in [2.75, 3.05) is 25.5 Å². The van der Waals surface area contributed by atoms with Crippen molar-refractivity contribution in [3.63, 3.8) is 0 Å². The quantitative estimate of drug-likeness (QED) is 0.896. The Morgan fingerprint density at radius 3 is 2.80 bits per heavy atom. The fourth-order valence-corrected chi connectivity index (χ4v) is 3.55. The van der Waals surface area contributed by atoms with Gasteiger partial charge in [-0.2, -0.15) is 0 Å². The summed E-state index contributed by atoms with van der Waals surface area (Å²) in [5.41, 5.74) is 2.63. The summed E-state index contributed by atoms with van der Waals surface area (Å²) in [5, 5.41) is 3.53. The maximum absolute atomic E-state index is 4.45. The molecule has 1 fully saturated rings. The van der Waals surface area contributed by atoms with Crippen molar-refractivity contribution in [2.24, 2.45) is 0 Å². The summed E-state index contributed by atoms with van der Waals surface area (Å²) < 4.78 is 0. The molecular formula is C16H26N4. The third kappa shape index (κ3) is 3.11. The average molecular weight is 274 g/mol. The minimum atomic E-state index is 0.802. The van der Waals surface area contributed by atoms with Gasteiger partial charge in [-0.3, -0.25) is 0 Å². The Balaban J connectivity index is 1.53. The van der Waals surface area contributed by atoms with Crippen molar-refractivity contribution < 1.29 is 0 Å². The van der Waals surface area contributed by atoms with Crippen LogP contribution in [0.5, 0.6) is 0 Å². The highest BCUT2D eigenvalue weighted by Gasteiger charge is 2.19. The molecule has 0 aromatic carbocycles. The van der Waals surface area contributed by atoms with Crippen molar-refractivity contribution in [3.8, 4) is 0 Å². The van der Waals surface area contributed by atoms with Gasteiger partial charge in [0.1, 0.15) is 12.1 Å². The smallest absolute Gasteiger partial charge is 0.132 e. The molecule has 110 valence electrons. The molecule has 0 aliphatic heterocycles. The highest BCUT2D eigenvalue weighted by Crippen LogP contribution is 2.24. The van der Waals surface area contributed by atoms with Gasteiger partial charge >= 0.3 is 0 Å². The van der Waals surface area contributed by atoms with Gasteiger partial charge in [-0.1, -0.05) is 12.8 Å². The molecule has 1 aromatic rings. The number of nitrogens with zero attached hydrogens (tertiary/aromatic N) is 3. The van der Waals surface area contributed by atoms with Crippen molar-refractivity contribution in [1.82, 2.24) is 14.9 Å². The highest BCUT2D eigenvalue weighted by atomic mass is 15.2. The molecule has 1 heterocycles. The number of fused-ring (bicyclic) bond motifs is 1. The summed E-state index contributed by atoms with van der Waals surface area (Å²) in [6.45, 7) is 2.08. The van der Waals surface area contributed by atoms with Crippen LogP contribution in [-0.2, 0) is 12.8 Å². The van der Waals surface area contributed by atoms with Crippen LogP contribution in [0.1, 0.15) is 49.8 Å². The van der Waals surface area contributed by atoms with Crippen molar-refractivity contribution in [1.29, 1.82) is 0 Å². The van der Waals surface area contributed by atoms with Crippen molar-refractivity contribution >= 4 is 5.82 Å². The molecule has 1 aromatic heterocycles. The molecule has 0 bridgehead atoms. The molecule has 1 N–H and O–H groups in total. The van der Waals surface area contributed by atoms with Gasteiger partial charge in [0.25, 0.3) is 0 Å². The fourth-order valence-electron chi connectivity index (χ4n) is 3.55. The lowest BCUT2D eigenvalue weighted by Crippen LogP contribution is -2.33. The first-order valence-corrected chi connectivity index (χ1v) is 8.11.